The average molecular weight is 682 g/mol. The van der Waals surface area contributed by atoms with Crippen molar-refractivity contribution in [3.8, 4) is 5.75 Å². The minimum Gasteiger partial charge on any atom is -0.508 e. The number of phenolic OH excluding ortho intramolecular Hbond substituents is 1. The molecule has 4 amide bonds. The van der Waals surface area contributed by atoms with Gasteiger partial charge in [-0.15, -0.1) is 0 Å². The van der Waals surface area contributed by atoms with Crippen molar-refractivity contribution in [2.75, 3.05) is 0 Å². The van der Waals surface area contributed by atoms with E-state index in [-0.39, 0.29) is 37.9 Å². The summed E-state index contributed by atoms with van der Waals surface area (Å²) in [7, 11) is 0. The summed E-state index contributed by atoms with van der Waals surface area (Å²) in [6.07, 6.45) is 3.04. The Labute approximate surface area is 286 Å². The maximum atomic E-state index is 14.1. The van der Waals surface area contributed by atoms with Gasteiger partial charge in [0, 0.05) is 53.5 Å². The van der Waals surface area contributed by atoms with Crippen LogP contribution in [0, 0.1) is 0 Å². The molecule has 14 heteroatoms. The number of aromatic nitrogens is 2. The van der Waals surface area contributed by atoms with E-state index in [9.17, 15) is 34.2 Å². The van der Waals surface area contributed by atoms with Crippen LogP contribution < -0.4 is 27.4 Å². The summed E-state index contributed by atoms with van der Waals surface area (Å²) in [5.41, 5.74) is 15.2. The lowest BCUT2D eigenvalue weighted by Gasteiger charge is -2.25. The lowest BCUT2D eigenvalue weighted by Crippen LogP contribution is -2.58. The van der Waals surface area contributed by atoms with Gasteiger partial charge in [0.25, 0.3) is 0 Å². The molecule has 5 rings (SSSR count). The second-order valence-corrected chi connectivity index (χ2v) is 12.1. The number of fused-ring (bicyclic) bond motifs is 2. The van der Waals surface area contributed by atoms with Gasteiger partial charge in [-0.3, -0.25) is 19.2 Å². The summed E-state index contributed by atoms with van der Waals surface area (Å²) in [6, 6.07) is 16.1. The predicted octanol–water partition coefficient (Wildman–Crippen LogP) is 1.51. The van der Waals surface area contributed by atoms with Gasteiger partial charge in [0.2, 0.25) is 23.6 Å². The summed E-state index contributed by atoms with van der Waals surface area (Å²) in [5, 5.41) is 28.9. The normalized spacial score (nSPS) is 13.6. The average Bonchev–Trinajstić information content (AvgIpc) is 3.70. The van der Waals surface area contributed by atoms with Gasteiger partial charge in [-0.2, -0.15) is 0 Å². The molecule has 0 saturated carbocycles. The van der Waals surface area contributed by atoms with E-state index in [1.807, 2.05) is 48.5 Å². The first-order chi connectivity index (χ1) is 24.0. The van der Waals surface area contributed by atoms with Crippen molar-refractivity contribution >= 4 is 51.4 Å². The molecule has 0 aliphatic rings. The largest absolute Gasteiger partial charge is 0.508 e. The number of para-hydroxylation sites is 2. The molecule has 4 atom stereocenters. The number of nitrogens with one attached hydrogen (secondary N) is 5. The summed E-state index contributed by atoms with van der Waals surface area (Å²) in [5.74, 6) is -4.16. The molecule has 2 aromatic heterocycles. The Bertz CT molecular complexity index is 2000. The fourth-order valence-corrected chi connectivity index (χ4v) is 5.81. The van der Waals surface area contributed by atoms with Crippen LogP contribution in [0.3, 0.4) is 0 Å². The van der Waals surface area contributed by atoms with Crippen LogP contribution >= 0.6 is 0 Å². The molecule has 0 aliphatic carbocycles. The number of carbonyl (C=O) groups excluding carboxylic acids is 4. The van der Waals surface area contributed by atoms with Crippen LogP contribution in [0.5, 0.6) is 5.75 Å². The maximum Gasteiger partial charge on any atom is 0.326 e. The van der Waals surface area contributed by atoms with Crippen molar-refractivity contribution in [3.63, 3.8) is 0 Å². The number of carbonyl (C=O) groups is 5. The molecule has 0 aliphatic heterocycles. The molecular weight excluding hydrogens is 642 g/mol. The van der Waals surface area contributed by atoms with E-state index in [1.165, 1.54) is 12.1 Å². The Hall–Kier alpha value is -6.15. The van der Waals surface area contributed by atoms with Gasteiger partial charge in [-0.1, -0.05) is 48.5 Å². The number of phenols is 1. The minimum absolute atomic E-state index is 0.0299. The number of benzene rings is 3. The van der Waals surface area contributed by atoms with Gasteiger partial charge in [0.05, 0.1) is 6.04 Å². The Morgan fingerprint density at radius 1 is 0.660 bits per heavy atom. The van der Waals surface area contributed by atoms with E-state index in [0.717, 1.165) is 27.4 Å². The molecule has 260 valence electrons. The Morgan fingerprint density at radius 3 is 1.64 bits per heavy atom. The molecule has 0 spiro atoms. The summed E-state index contributed by atoms with van der Waals surface area (Å²) in [4.78, 5) is 70.9. The van der Waals surface area contributed by atoms with Gasteiger partial charge in [-0.25, -0.2) is 4.79 Å². The monoisotopic (exact) mass is 681 g/mol. The van der Waals surface area contributed by atoms with E-state index >= 15 is 0 Å². The highest BCUT2D eigenvalue weighted by atomic mass is 16.4. The Balaban J connectivity index is 1.42. The number of carboxylic acid groups (broad SMARTS) is 1. The number of primary amides is 1. The smallest absolute Gasteiger partial charge is 0.326 e. The fraction of sp³-hybridized carbons (Fsp3) is 0.250. The number of H-pyrrole nitrogens is 2. The number of carboxylic acids is 1. The molecule has 11 N–H and O–H groups in total. The predicted molar refractivity (Wildman–Crippen MR) is 186 cm³/mol. The summed E-state index contributed by atoms with van der Waals surface area (Å²) >= 11 is 0. The number of aromatic amines is 2. The quantitative estimate of drug-likeness (QED) is 0.0737. The molecule has 14 nitrogen and oxygen atoms in total. The molecule has 2 heterocycles. The standard InChI is InChI=1S/C36H39N7O7/c37-26(15-20-9-11-23(44)12-10-20)33(46)42-30(16-21-18-39-27-7-3-1-5-24(21)27)35(48)43-31(17-22-19-40-28-8-4-2-6-25(22)28)34(47)41-29(36(49)50)13-14-32(38)45/h1-12,18-19,26,29-31,39-40,44H,13-17,37H2,(H2,38,45)(H,41,47)(H,42,46)(H,43,48)(H,49,50). The second-order valence-electron chi connectivity index (χ2n) is 12.1. The van der Waals surface area contributed by atoms with Crippen LogP contribution in [-0.4, -0.2) is 73.9 Å². The van der Waals surface area contributed by atoms with Gasteiger partial charge in [0.15, 0.2) is 0 Å². The molecule has 0 bridgehead atoms. The molecule has 5 aromatic rings. The van der Waals surface area contributed by atoms with Crippen molar-refractivity contribution in [3.05, 3.63) is 102 Å². The maximum absolute atomic E-state index is 14.1. The molecule has 0 radical (unpaired) electrons. The topological polar surface area (TPSA) is 246 Å². The van der Waals surface area contributed by atoms with Crippen molar-refractivity contribution < 1.29 is 34.2 Å². The van der Waals surface area contributed by atoms with Crippen molar-refractivity contribution in [2.24, 2.45) is 11.5 Å². The molecule has 4 unspecified atom stereocenters. The number of hydrogen-bond donors (Lipinski definition) is 9. The number of rotatable bonds is 16. The van der Waals surface area contributed by atoms with Gasteiger partial charge in [-0.05, 0) is 53.8 Å². The highest BCUT2D eigenvalue weighted by molar-refractivity contribution is 5.95. The number of hydrogen-bond acceptors (Lipinski definition) is 7. The van der Waals surface area contributed by atoms with Crippen molar-refractivity contribution in [1.82, 2.24) is 25.9 Å². The molecule has 0 saturated heterocycles. The van der Waals surface area contributed by atoms with Gasteiger partial charge < -0.3 is 47.6 Å². The highest BCUT2D eigenvalue weighted by Gasteiger charge is 2.32. The van der Waals surface area contributed by atoms with Crippen molar-refractivity contribution in [2.45, 2.75) is 56.3 Å². The van der Waals surface area contributed by atoms with Gasteiger partial charge >= 0.3 is 5.97 Å². The molecule has 50 heavy (non-hydrogen) atoms. The Kier molecular flexibility index (Phi) is 11.1. The van der Waals surface area contributed by atoms with Crippen LogP contribution in [0.4, 0.5) is 0 Å². The first-order valence-corrected chi connectivity index (χ1v) is 16.0. The first kappa shape index (κ1) is 35.2. The summed E-state index contributed by atoms with van der Waals surface area (Å²) in [6.45, 7) is 0. The zero-order chi connectivity index (χ0) is 35.8. The van der Waals surface area contributed by atoms with Crippen LogP contribution in [0.2, 0.25) is 0 Å². The first-order valence-electron chi connectivity index (χ1n) is 16.0. The summed E-state index contributed by atoms with van der Waals surface area (Å²) < 4.78 is 0. The van der Waals surface area contributed by atoms with E-state index in [0.29, 0.717) is 11.1 Å². The van der Waals surface area contributed by atoms with E-state index < -0.39 is 53.8 Å². The lowest BCUT2D eigenvalue weighted by atomic mass is 10.0. The van der Waals surface area contributed by atoms with Crippen LogP contribution in [0.25, 0.3) is 21.8 Å². The number of aliphatic carboxylic acids is 1. The number of nitrogens with two attached hydrogens (primary N) is 2. The third kappa shape index (κ3) is 8.85. The SMILES string of the molecule is NC(=O)CCC(NC(=O)C(Cc1c[nH]c2ccccc12)NC(=O)C(Cc1c[nH]c2ccccc12)NC(=O)C(N)Cc1ccc(O)cc1)C(=O)O. The zero-order valence-corrected chi connectivity index (χ0v) is 27.0. The third-order valence-corrected chi connectivity index (χ3v) is 8.49. The molecule has 3 aromatic carbocycles. The Morgan fingerprint density at radius 2 is 1.14 bits per heavy atom. The highest BCUT2D eigenvalue weighted by Crippen LogP contribution is 2.21. The van der Waals surface area contributed by atoms with Crippen LogP contribution in [0.1, 0.15) is 29.5 Å². The fourth-order valence-electron chi connectivity index (χ4n) is 5.81. The van der Waals surface area contributed by atoms with Gasteiger partial charge in [0.1, 0.15) is 23.9 Å². The second kappa shape index (κ2) is 15.8. The van der Waals surface area contributed by atoms with E-state index in [4.69, 9.17) is 11.5 Å². The van der Waals surface area contributed by atoms with Crippen molar-refractivity contribution in [1.29, 1.82) is 0 Å². The van der Waals surface area contributed by atoms with E-state index in [1.54, 1.807) is 24.5 Å². The lowest BCUT2D eigenvalue weighted by molar-refractivity contribution is -0.142. The number of amides is 4. The van der Waals surface area contributed by atoms with E-state index in [2.05, 4.69) is 25.9 Å². The molecule has 0 fully saturated rings. The molecular formula is C36H39N7O7. The third-order valence-electron chi connectivity index (χ3n) is 8.49. The van der Waals surface area contributed by atoms with Crippen LogP contribution in [0.15, 0.2) is 85.2 Å². The number of aromatic hydroxyl groups is 1. The van der Waals surface area contributed by atoms with Crippen LogP contribution in [-0.2, 0) is 43.2 Å². The minimum atomic E-state index is -1.45. The zero-order valence-electron chi connectivity index (χ0n) is 27.0.